The lowest BCUT2D eigenvalue weighted by molar-refractivity contribution is -0.139. The van der Waals surface area contributed by atoms with Gasteiger partial charge in [0.05, 0.1) is 35.8 Å². The number of aromatic carboxylic acids is 1. The molecule has 13 heteroatoms. The topological polar surface area (TPSA) is 76.8 Å². The molecule has 1 fully saturated rings. The number of carboxylic acids is 1. The van der Waals surface area contributed by atoms with Crippen molar-refractivity contribution < 1.29 is 36.9 Å². The molecule has 0 unspecified atom stereocenters. The fourth-order valence-electron chi connectivity index (χ4n) is 5.78. The maximum absolute atomic E-state index is 15.4. The number of hydrogen-bond donors (Lipinski definition) is 1. The van der Waals surface area contributed by atoms with E-state index in [9.17, 15) is 23.1 Å². The average molecular weight is 652 g/mol. The number of fused-ring (bicyclic) bond motifs is 2. The summed E-state index contributed by atoms with van der Waals surface area (Å²) in [5.41, 5.74) is 0.813. The Hall–Kier alpha value is -3.38. The van der Waals surface area contributed by atoms with Gasteiger partial charge in [0.2, 0.25) is 0 Å². The molecule has 1 aromatic heterocycles. The Kier molecular flexibility index (Phi) is 8.25. The van der Waals surface area contributed by atoms with E-state index < -0.39 is 29.1 Å². The summed E-state index contributed by atoms with van der Waals surface area (Å²) < 4.78 is 70.7. The summed E-state index contributed by atoms with van der Waals surface area (Å²) in [6, 6.07) is 9.60. The Bertz CT molecular complexity index is 1760. The molecule has 0 radical (unpaired) electrons. The molecule has 232 valence electrons. The van der Waals surface area contributed by atoms with Crippen molar-refractivity contribution in [1.82, 2.24) is 14.5 Å². The predicted octanol–water partition coefficient (Wildman–Crippen LogP) is 7.69. The molecule has 0 aliphatic carbocycles. The number of carbonyl (C=O) groups is 1. The molecule has 0 amide bonds. The minimum absolute atomic E-state index is 0.0897. The first kappa shape index (κ1) is 30.6. The Balaban J connectivity index is 1.32. The zero-order chi connectivity index (χ0) is 31.3. The molecule has 0 spiro atoms. The Morgan fingerprint density at radius 2 is 1.95 bits per heavy atom. The molecule has 2 atom stereocenters. The van der Waals surface area contributed by atoms with Crippen molar-refractivity contribution in [1.29, 1.82) is 0 Å². The van der Waals surface area contributed by atoms with E-state index in [2.05, 4.69) is 4.98 Å². The highest BCUT2D eigenvalue weighted by atomic mass is 35.5. The van der Waals surface area contributed by atoms with Crippen molar-refractivity contribution in [3.05, 3.63) is 92.0 Å². The van der Waals surface area contributed by atoms with E-state index in [4.69, 9.17) is 32.7 Å². The van der Waals surface area contributed by atoms with Crippen molar-refractivity contribution in [3.8, 4) is 5.75 Å². The second-order valence-electron chi connectivity index (χ2n) is 11.0. The molecule has 1 saturated heterocycles. The standard InChI is InChI=1S/C31H27Cl2F4N3O4/c1-16-22-12-26(44-15-18-2-3-19(32)11-24(18)33)23(31(35,36)37)10-17(22)6-8-39(16)14-27-38-25-5-4-21(30(41)42)28(34)29(25)40(27)13-20-7-9-43-20/h2-5,10-12,16,20H,6-9,13-15H2,1H3,(H,41,42)/t16-,20-/m0/s1. The highest BCUT2D eigenvalue weighted by Crippen LogP contribution is 2.42. The van der Waals surface area contributed by atoms with Gasteiger partial charge in [-0.3, -0.25) is 4.90 Å². The number of carboxylic acid groups (broad SMARTS) is 1. The van der Waals surface area contributed by atoms with Crippen molar-refractivity contribution in [2.24, 2.45) is 0 Å². The zero-order valence-corrected chi connectivity index (χ0v) is 24.9. The number of ether oxygens (including phenoxy) is 2. The predicted molar refractivity (Wildman–Crippen MR) is 156 cm³/mol. The number of benzene rings is 3. The molecular formula is C31H27Cl2F4N3O4. The van der Waals surface area contributed by atoms with E-state index in [0.717, 1.165) is 12.5 Å². The van der Waals surface area contributed by atoms with E-state index in [1.807, 2.05) is 11.8 Å². The maximum Gasteiger partial charge on any atom is 0.419 e. The SMILES string of the molecule is C[C@H]1c2cc(OCc3ccc(Cl)cc3Cl)c(C(F)(F)F)cc2CCN1Cc1nc2ccc(C(=O)O)c(F)c2n1C[C@@H]1CCO1. The van der Waals surface area contributed by atoms with Crippen LogP contribution in [0.1, 0.15) is 57.8 Å². The van der Waals surface area contributed by atoms with Gasteiger partial charge in [-0.25, -0.2) is 14.2 Å². The second kappa shape index (κ2) is 11.8. The number of hydrogen-bond acceptors (Lipinski definition) is 5. The van der Waals surface area contributed by atoms with Crippen LogP contribution in [0, 0.1) is 5.82 Å². The molecule has 3 heterocycles. The highest BCUT2D eigenvalue weighted by Gasteiger charge is 2.37. The monoisotopic (exact) mass is 651 g/mol. The van der Waals surface area contributed by atoms with E-state index in [-0.39, 0.29) is 41.6 Å². The van der Waals surface area contributed by atoms with Gasteiger partial charge < -0.3 is 19.1 Å². The first-order chi connectivity index (χ1) is 20.9. The summed E-state index contributed by atoms with van der Waals surface area (Å²) in [6.07, 6.45) is -3.68. The van der Waals surface area contributed by atoms with E-state index in [1.165, 1.54) is 24.3 Å². The van der Waals surface area contributed by atoms with Gasteiger partial charge in [0.1, 0.15) is 23.7 Å². The van der Waals surface area contributed by atoms with E-state index in [0.29, 0.717) is 59.2 Å². The van der Waals surface area contributed by atoms with Gasteiger partial charge in [0.25, 0.3) is 0 Å². The van der Waals surface area contributed by atoms with E-state index >= 15 is 4.39 Å². The van der Waals surface area contributed by atoms with Crippen molar-refractivity contribution >= 4 is 40.2 Å². The smallest absolute Gasteiger partial charge is 0.419 e. The van der Waals surface area contributed by atoms with Crippen molar-refractivity contribution in [2.75, 3.05) is 13.2 Å². The van der Waals surface area contributed by atoms with Crippen LogP contribution < -0.4 is 4.74 Å². The minimum atomic E-state index is -4.64. The zero-order valence-electron chi connectivity index (χ0n) is 23.4. The van der Waals surface area contributed by atoms with Crippen LogP contribution in [-0.2, 0) is 37.0 Å². The maximum atomic E-state index is 15.4. The molecular weight excluding hydrogens is 625 g/mol. The van der Waals surface area contributed by atoms with Gasteiger partial charge >= 0.3 is 12.1 Å². The Labute approximate surface area is 259 Å². The summed E-state index contributed by atoms with van der Waals surface area (Å²) in [7, 11) is 0. The second-order valence-corrected chi connectivity index (χ2v) is 11.8. The molecule has 1 N–H and O–H groups in total. The molecule has 2 aliphatic heterocycles. The van der Waals surface area contributed by atoms with Gasteiger partial charge in [0.15, 0.2) is 5.82 Å². The Morgan fingerprint density at radius 1 is 1.18 bits per heavy atom. The number of aromatic nitrogens is 2. The summed E-state index contributed by atoms with van der Waals surface area (Å²) >= 11 is 12.2. The van der Waals surface area contributed by atoms with Gasteiger partial charge in [-0.15, -0.1) is 0 Å². The molecule has 0 bridgehead atoms. The number of halogens is 6. The Morgan fingerprint density at radius 3 is 2.61 bits per heavy atom. The molecule has 44 heavy (non-hydrogen) atoms. The minimum Gasteiger partial charge on any atom is -0.488 e. The summed E-state index contributed by atoms with van der Waals surface area (Å²) in [4.78, 5) is 18.3. The molecule has 2 aliphatic rings. The van der Waals surface area contributed by atoms with Crippen LogP contribution in [0.3, 0.4) is 0 Å². The third-order valence-electron chi connectivity index (χ3n) is 8.29. The number of rotatable bonds is 8. The van der Waals surface area contributed by atoms with Crippen LogP contribution in [0.15, 0.2) is 42.5 Å². The number of alkyl halides is 3. The lowest BCUT2D eigenvalue weighted by atomic mass is 9.91. The van der Waals surface area contributed by atoms with Crippen molar-refractivity contribution in [2.45, 2.75) is 57.8 Å². The summed E-state index contributed by atoms with van der Waals surface area (Å²) in [6.45, 7) is 3.26. The first-order valence-corrected chi connectivity index (χ1v) is 14.7. The molecule has 0 saturated carbocycles. The van der Waals surface area contributed by atoms with Gasteiger partial charge in [-0.2, -0.15) is 13.2 Å². The summed E-state index contributed by atoms with van der Waals surface area (Å²) in [5, 5.41) is 10.2. The van der Waals surface area contributed by atoms with Crippen LogP contribution in [0.5, 0.6) is 5.75 Å². The van der Waals surface area contributed by atoms with Gasteiger partial charge in [-0.1, -0.05) is 29.3 Å². The third-order valence-corrected chi connectivity index (χ3v) is 8.88. The quantitative estimate of drug-likeness (QED) is 0.197. The molecule has 6 rings (SSSR count). The lowest BCUT2D eigenvalue weighted by Crippen LogP contribution is -2.36. The molecule has 7 nitrogen and oxygen atoms in total. The van der Waals surface area contributed by atoms with Crippen LogP contribution in [0.25, 0.3) is 11.0 Å². The highest BCUT2D eigenvalue weighted by molar-refractivity contribution is 6.35. The molecule has 3 aromatic carbocycles. The lowest BCUT2D eigenvalue weighted by Gasteiger charge is -2.36. The van der Waals surface area contributed by atoms with Crippen LogP contribution in [0.4, 0.5) is 17.6 Å². The fourth-order valence-corrected chi connectivity index (χ4v) is 6.24. The van der Waals surface area contributed by atoms with Crippen LogP contribution in [0.2, 0.25) is 10.0 Å². The number of imidazole rings is 1. The van der Waals surface area contributed by atoms with Crippen LogP contribution >= 0.6 is 23.2 Å². The van der Waals surface area contributed by atoms with Crippen LogP contribution in [-0.4, -0.2) is 44.8 Å². The van der Waals surface area contributed by atoms with Gasteiger partial charge in [-0.05, 0) is 67.3 Å². The van der Waals surface area contributed by atoms with E-state index in [1.54, 1.807) is 16.7 Å². The van der Waals surface area contributed by atoms with Gasteiger partial charge in [0, 0.05) is 34.8 Å². The largest absolute Gasteiger partial charge is 0.488 e. The molecule has 4 aromatic rings. The summed E-state index contributed by atoms with van der Waals surface area (Å²) in [5.74, 6) is -2.05. The first-order valence-electron chi connectivity index (χ1n) is 14.0. The third kappa shape index (κ3) is 5.85. The fraction of sp³-hybridized carbons (Fsp3) is 0.355. The normalized spacial score (nSPS) is 18.7. The average Bonchev–Trinajstić information content (AvgIpc) is 3.28. The van der Waals surface area contributed by atoms with Crippen molar-refractivity contribution in [3.63, 3.8) is 0 Å². The number of nitrogens with zero attached hydrogens (tertiary/aromatic N) is 3.